The van der Waals surface area contributed by atoms with Crippen LogP contribution in [0.4, 0.5) is 34.1 Å². The SMILES string of the molecule is c1ccc(-c2ccc(N(c3ccccc3)c3cc(N(c4ccccc4)c4ccccc4)cc4nc(-c5ccccc5)oc34)cc2)cc1. The summed E-state index contributed by atoms with van der Waals surface area (Å²) in [5.41, 5.74) is 10.7. The van der Waals surface area contributed by atoms with Gasteiger partial charge >= 0.3 is 0 Å². The molecule has 0 saturated carbocycles. The molecule has 8 rings (SSSR count). The van der Waals surface area contributed by atoms with Crippen molar-refractivity contribution in [2.45, 2.75) is 0 Å². The number of rotatable bonds is 8. The van der Waals surface area contributed by atoms with Crippen LogP contribution in [0.3, 0.4) is 0 Å². The Morgan fingerprint density at radius 1 is 0.362 bits per heavy atom. The second-order valence-corrected chi connectivity index (χ2v) is 11.3. The van der Waals surface area contributed by atoms with Gasteiger partial charge in [0.1, 0.15) is 5.52 Å². The van der Waals surface area contributed by atoms with Gasteiger partial charge in [0.15, 0.2) is 5.58 Å². The number of aromatic nitrogens is 1. The highest BCUT2D eigenvalue weighted by Crippen LogP contribution is 2.45. The predicted molar refractivity (Wildman–Crippen MR) is 194 cm³/mol. The maximum Gasteiger partial charge on any atom is 0.227 e. The minimum atomic E-state index is 0.581. The van der Waals surface area contributed by atoms with Crippen molar-refractivity contribution < 1.29 is 4.42 Å². The largest absolute Gasteiger partial charge is 0.434 e. The van der Waals surface area contributed by atoms with E-state index in [0.717, 1.165) is 50.8 Å². The zero-order chi connectivity index (χ0) is 31.4. The van der Waals surface area contributed by atoms with Crippen molar-refractivity contribution in [3.05, 3.63) is 188 Å². The van der Waals surface area contributed by atoms with E-state index in [9.17, 15) is 0 Å². The molecule has 0 unspecified atom stereocenters. The second-order valence-electron chi connectivity index (χ2n) is 11.3. The molecule has 0 aliphatic rings. The molecule has 0 spiro atoms. The van der Waals surface area contributed by atoms with Crippen LogP contribution in [0.2, 0.25) is 0 Å². The summed E-state index contributed by atoms with van der Waals surface area (Å²) in [6, 6.07) is 64.9. The lowest BCUT2D eigenvalue weighted by Gasteiger charge is -2.29. The first kappa shape index (κ1) is 28.1. The van der Waals surface area contributed by atoms with Gasteiger partial charge in [-0.05, 0) is 83.9 Å². The van der Waals surface area contributed by atoms with E-state index in [2.05, 4.69) is 143 Å². The van der Waals surface area contributed by atoms with Gasteiger partial charge in [0, 0.05) is 28.3 Å². The van der Waals surface area contributed by atoms with Crippen LogP contribution in [-0.2, 0) is 0 Å². The molecular formula is C43H31N3O. The van der Waals surface area contributed by atoms with Crippen LogP contribution >= 0.6 is 0 Å². The Balaban J connectivity index is 1.37. The van der Waals surface area contributed by atoms with E-state index in [0.29, 0.717) is 11.5 Å². The molecule has 7 aromatic carbocycles. The predicted octanol–water partition coefficient (Wildman–Crippen LogP) is 12.1. The Hall–Kier alpha value is -6.39. The number of fused-ring (bicyclic) bond motifs is 1. The lowest BCUT2D eigenvalue weighted by Crippen LogP contribution is -2.13. The Kier molecular flexibility index (Phi) is 7.50. The van der Waals surface area contributed by atoms with Gasteiger partial charge in [-0.25, -0.2) is 4.98 Å². The van der Waals surface area contributed by atoms with Crippen LogP contribution in [0.25, 0.3) is 33.7 Å². The Labute approximate surface area is 274 Å². The molecular weight excluding hydrogens is 574 g/mol. The number of benzene rings is 7. The quantitative estimate of drug-likeness (QED) is 0.172. The highest BCUT2D eigenvalue weighted by atomic mass is 16.3. The van der Waals surface area contributed by atoms with E-state index < -0.39 is 0 Å². The van der Waals surface area contributed by atoms with Gasteiger partial charge < -0.3 is 14.2 Å². The normalized spacial score (nSPS) is 11.0. The first-order valence-corrected chi connectivity index (χ1v) is 15.7. The molecule has 0 aliphatic carbocycles. The number of oxazole rings is 1. The molecule has 1 aromatic heterocycles. The standard InChI is InChI=1S/C43H31N3O/c1-6-16-32(17-7-1)33-26-28-38(29-27-33)46(37-24-14-5-15-25-37)41-31-39(30-40-42(41)47-43(44-40)34-18-8-2-9-19-34)45(35-20-10-3-11-21-35)36-22-12-4-13-23-36/h1-31H. The average molecular weight is 606 g/mol. The average Bonchev–Trinajstić information content (AvgIpc) is 3.59. The molecule has 0 N–H and O–H groups in total. The van der Waals surface area contributed by atoms with Crippen molar-refractivity contribution in [2.75, 3.05) is 9.80 Å². The maximum absolute atomic E-state index is 6.68. The summed E-state index contributed by atoms with van der Waals surface area (Å²) >= 11 is 0. The third-order valence-corrected chi connectivity index (χ3v) is 8.25. The molecule has 0 atom stereocenters. The number of anilines is 6. The molecule has 47 heavy (non-hydrogen) atoms. The van der Waals surface area contributed by atoms with Crippen LogP contribution in [0.5, 0.6) is 0 Å². The highest BCUT2D eigenvalue weighted by molar-refractivity contribution is 5.99. The van der Waals surface area contributed by atoms with Gasteiger partial charge in [-0.15, -0.1) is 0 Å². The molecule has 0 fully saturated rings. The zero-order valence-corrected chi connectivity index (χ0v) is 25.6. The molecule has 224 valence electrons. The van der Waals surface area contributed by atoms with Crippen molar-refractivity contribution in [1.82, 2.24) is 4.98 Å². The fraction of sp³-hybridized carbons (Fsp3) is 0. The molecule has 0 amide bonds. The van der Waals surface area contributed by atoms with E-state index in [1.165, 1.54) is 5.56 Å². The lowest BCUT2D eigenvalue weighted by molar-refractivity contribution is 0.620. The summed E-state index contributed by atoms with van der Waals surface area (Å²) in [7, 11) is 0. The topological polar surface area (TPSA) is 32.5 Å². The number of hydrogen-bond acceptors (Lipinski definition) is 4. The van der Waals surface area contributed by atoms with Crippen LogP contribution in [0.1, 0.15) is 0 Å². The second kappa shape index (κ2) is 12.5. The number of hydrogen-bond donors (Lipinski definition) is 0. The van der Waals surface area contributed by atoms with Crippen molar-refractivity contribution in [1.29, 1.82) is 0 Å². The molecule has 0 aliphatic heterocycles. The van der Waals surface area contributed by atoms with Gasteiger partial charge in [-0.1, -0.05) is 115 Å². The van der Waals surface area contributed by atoms with Gasteiger partial charge in [0.2, 0.25) is 5.89 Å². The molecule has 1 heterocycles. The van der Waals surface area contributed by atoms with E-state index in [1.54, 1.807) is 0 Å². The Bertz CT molecular complexity index is 2180. The van der Waals surface area contributed by atoms with E-state index >= 15 is 0 Å². The van der Waals surface area contributed by atoms with Crippen LogP contribution < -0.4 is 9.80 Å². The first-order chi connectivity index (χ1) is 23.3. The summed E-state index contributed by atoms with van der Waals surface area (Å²) in [6.45, 7) is 0. The minimum Gasteiger partial charge on any atom is -0.434 e. The number of para-hydroxylation sites is 3. The fourth-order valence-corrected chi connectivity index (χ4v) is 6.04. The van der Waals surface area contributed by atoms with Gasteiger partial charge in [0.05, 0.1) is 11.4 Å². The van der Waals surface area contributed by atoms with Crippen molar-refractivity contribution in [2.24, 2.45) is 0 Å². The van der Waals surface area contributed by atoms with E-state index in [1.807, 2.05) is 54.6 Å². The lowest BCUT2D eigenvalue weighted by atomic mass is 10.0. The van der Waals surface area contributed by atoms with Crippen molar-refractivity contribution >= 4 is 45.2 Å². The Morgan fingerprint density at radius 3 is 1.32 bits per heavy atom. The maximum atomic E-state index is 6.68. The minimum absolute atomic E-state index is 0.581. The zero-order valence-electron chi connectivity index (χ0n) is 25.6. The third-order valence-electron chi connectivity index (χ3n) is 8.25. The summed E-state index contributed by atoms with van der Waals surface area (Å²) in [4.78, 5) is 9.60. The van der Waals surface area contributed by atoms with Crippen molar-refractivity contribution in [3.8, 4) is 22.6 Å². The first-order valence-electron chi connectivity index (χ1n) is 15.7. The third kappa shape index (κ3) is 5.65. The monoisotopic (exact) mass is 605 g/mol. The summed E-state index contributed by atoms with van der Waals surface area (Å²) < 4.78 is 6.68. The van der Waals surface area contributed by atoms with Crippen LogP contribution in [0.15, 0.2) is 192 Å². The molecule has 8 aromatic rings. The Morgan fingerprint density at radius 2 is 0.787 bits per heavy atom. The molecule has 4 heteroatoms. The summed E-state index contributed by atoms with van der Waals surface area (Å²) in [5.74, 6) is 0.581. The van der Waals surface area contributed by atoms with Crippen LogP contribution in [0, 0.1) is 0 Å². The van der Waals surface area contributed by atoms with E-state index in [-0.39, 0.29) is 0 Å². The smallest absolute Gasteiger partial charge is 0.227 e. The number of nitrogens with zero attached hydrogens (tertiary/aromatic N) is 3. The summed E-state index contributed by atoms with van der Waals surface area (Å²) in [6.07, 6.45) is 0. The van der Waals surface area contributed by atoms with Crippen LogP contribution in [-0.4, -0.2) is 4.98 Å². The van der Waals surface area contributed by atoms with Gasteiger partial charge in [-0.2, -0.15) is 0 Å². The fourth-order valence-electron chi connectivity index (χ4n) is 6.04. The highest BCUT2D eigenvalue weighted by Gasteiger charge is 2.24. The van der Waals surface area contributed by atoms with E-state index in [4.69, 9.17) is 9.40 Å². The summed E-state index contributed by atoms with van der Waals surface area (Å²) in [5, 5.41) is 0. The molecule has 0 radical (unpaired) electrons. The molecule has 0 bridgehead atoms. The molecule has 4 nitrogen and oxygen atoms in total. The van der Waals surface area contributed by atoms with Gasteiger partial charge in [0.25, 0.3) is 0 Å². The molecule has 0 saturated heterocycles. The van der Waals surface area contributed by atoms with Crippen molar-refractivity contribution in [3.63, 3.8) is 0 Å². The van der Waals surface area contributed by atoms with Gasteiger partial charge in [-0.3, -0.25) is 0 Å².